The quantitative estimate of drug-likeness (QED) is 0.0984. The molecular formula is C44H62N4O13. The molecule has 0 saturated carbocycles. The maximum absolute atomic E-state index is 12.7. The lowest BCUT2D eigenvalue weighted by Crippen LogP contribution is -2.62. The van der Waals surface area contributed by atoms with E-state index in [4.69, 9.17) is 40.0 Å². The Morgan fingerprint density at radius 3 is 1.38 bits per heavy atom. The van der Waals surface area contributed by atoms with Gasteiger partial charge in [-0.3, -0.25) is 9.59 Å². The summed E-state index contributed by atoms with van der Waals surface area (Å²) in [6.45, 7) is 15.5. The van der Waals surface area contributed by atoms with Gasteiger partial charge in [0.1, 0.15) is 47.9 Å². The van der Waals surface area contributed by atoms with Gasteiger partial charge >= 0.3 is 30.1 Å². The molecule has 0 radical (unpaired) electrons. The average molecular weight is 859 g/mol. The highest BCUT2D eigenvalue weighted by Crippen LogP contribution is 2.17. The van der Waals surface area contributed by atoms with Crippen molar-refractivity contribution in [2.45, 2.75) is 117 Å². The van der Waals surface area contributed by atoms with Crippen molar-refractivity contribution in [3.8, 4) is 35.2 Å². The maximum Gasteiger partial charge on any atom is 0.408 e. The van der Waals surface area contributed by atoms with Crippen molar-refractivity contribution in [3.63, 3.8) is 0 Å². The third kappa shape index (κ3) is 22.5. The maximum atomic E-state index is 12.7. The molecule has 2 rings (SSSR count). The molecule has 0 aliphatic carbocycles. The van der Waals surface area contributed by atoms with Crippen LogP contribution in [0.1, 0.15) is 109 Å². The number of hydrogen-bond acceptors (Lipinski definition) is 13. The fourth-order valence-corrected chi connectivity index (χ4v) is 4.18. The van der Waals surface area contributed by atoms with Crippen molar-refractivity contribution in [1.29, 1.82) is 0 Å². The Morgan fingerprint density at radius 1 is 0.656 bits per heavy atom. The Labute approximate surface area is 364 Å². The van der Waals surface area contributed by atoms with Crippen molar-refractivity contribution < 1.29 is 67.8 Å². The van der Waals surface area contributed by atoms with Crippen molar-refractivity contribution >= 4 is 36.0 Å². The first-order chi connectivity index (χ1) is 29.5. The lowest BCUT2D eigenvalue weighted by molar-refractivity contribution is -0.145. The van der Waals surface area contributed by atoms with Gasteiger partial charge in [0, 0.05) is 5.56 Å². The zero-order chi connectivity index (χ0) is 50.8. The molecule has 61 heavy (non-hydrogen) atoms. The molecule has 0 saturated heterocycles. The van der Waals surface area contributed by atoms with Gasteiger partial charge in [0.15, 0.2) is 0 Å². The Hall–Kier alpha value is -6.46. The van der Waals surface area contributed by atoms with E-state index in [2.05, 4.69) is 44.4 Å². The topological polar surface area (TPSA) is 240 Å². The minimum absolute atomic E-state index is 0.120. The van der Waals surface area contributed by atoms with E-state index in [1.165, 1.54) is 76.6 Å². The first-order valence-electron chi connectivity index (χ1n) is 20.5. The number of carbonyl (C=O) groups is 6. The molecule has 0 heterocycles. The fourth-order valence-electron chi connectivity index (χ4n) is 4.18. The molecule has 0 aromatic heterocycles. The van der Waals surface area contributed by atoms with Gasteiger partial charge in [0.2, 0.25) is 0 Å². The smallest absolute Gasteiger partial charge is 0.408 e. The second kappa shape index (κ2) is 25.2. The van der Waals surface area contributed by atoms with Crippen molar-refractivity contribution in [3.05, 3.63) is 59.7 Å². The number of hydrogen-bond donors (Lipinski definition) is 5. The average Bonchev–Trinajstić information content (AvgIpc) is 3.14. The van der Waals surface area contributed by atoms with E-state index < -0.39 is 83.5 Å². The highest BCUT2D eigenvalue weighted by Gasteiger charge is 2.40. The minimum Gasteiger partial charge on any atom is -0.481 e. The molecule has 0 aliphatic heterocycles. The first kappa shape index (κ1) is 47.2. The summed E-state index contributed by atoms with van der Waals surface area (Å²) in [6.07, 6.45) is -1.38. The number of carboxylic acid groups (broad SMARTS) is 1. The number of aromatic carboxylic acids is 1. The standard InChI is InChI=1S/C22H30N2O6.C11H22N2O4.C11H10O3/c1-8-9-14-29-16-12-10-15(11-13-16)18(25)23-17(19(26)28-7)22(5,6)24-20(27)30-21(2,3)4;1-10(2,3)17-9(15)13-11(4,5)7(12)8(14)16-6;1-2-3-8-14-10-6-4-9(5-7-10)11(12)13/h10-13,17H,14H2,1-7H3,(H,23,25)(H,24,27);7H,12H2,1-6H3,(H,13,15);4-7H,8H2,1H3,(H,12,13)/t17-;7-;/m11./s1/i14D2;;8D2. The second-order valence-electron chi connectivity index (χ2n) is 15.6. The highest BCUT2D eigenvalue weighted by molar-refractivity contribution is 5.97. The molecular weight excluding hydrogens is 792 g/mol. The van der Waals surface area contributed by atoms with Crippen LogP contribution in [0.5, 0.6) is 11.5 Å². The van der Waals surface area contributed by atoms with E-state index in [1.807, 2.05) is 0 Å². The number of amides is 3. The van der Waals surface area contributed by atoms with E-state index in [0.29, 0.717) is 0 Å². The van der Waals surface area contributed by atoms with Gasteiger partial charge in [0.05, 0.1) is 36.3 Å². The lowest BCUT2D eigenvalue weighted by Gasteiger charge is -2.34. The highest BCUT2D eigenvalue weighted by atomic mass is 16.6. The largest absolute Gasteiger partial charge is 0.481 e. The summed E-state index contributed by atoms with van der Waals surface area (Å²) >= 11 is 0. The van der Waals surface area contributed by atoms with E-state index in [0.717, 1.165) is 0 Å². The Balaban J connectivity index is 0.00000104. The molecule has 2 aromatic carbocycles. The number of methoxy groups -OCH3 is 2. The Morgan fingerprint density at radius 2 is 1.03 bits per heavy atom. The van der Waals surface area contributed by atoms with Gasteiger partial charge in [-0.25, -0.2) is 19.2 Å². The number of carbonyl (C=O) groups excluding carboxylic acids is 5. The van der Waals surface area contributed by atoms with E-state index in [1.54, 1.807) is 69.2 Å². The predicted molar refractivity (Wildman–Crippen MR) is 228 cm³/mol. The molecule has 3 amide bonds. The third-order valence-electron chi connectivity index (χ3n) is 7.22. The second-order valence-corrected chi connectivity index (χ2v) is 15.6. The normalized spacial score (nSPS) is 13.2. The lowest BCUT2D eigenvalue weighted by atomic mass is 9.94. The molecule has 0 spiro atoms. The van der Waals surface area contributed by atoms with Crippen molar-refractivity contribution in [2.75, 3.05) is 27.3 Å². The number of carboxylic acids is 1. The van der Waals surface area contributed by atoms with Gasteiger partial charge in [-0.1, -0.05) is 11.8 Å². The molecule has 2 atom stereocenters. The zero-order valence-corrected chi connectivity index (χ0v) is 37.2. The summed E-state index contributed by atoms with van der Waals surface area (Å²) in [5.74, 6) is 6.80. The van der Waals surface area contributed by atoms with Gasteiger partial charge in [0.25, 0.3) is 5.91 Å². The van der Waals surface area contributed by atoms with Gasteiger partial charge in [-0.05, 0) is 132 Å². The summed E-state index contributed by atoms with van der Waals surface area (Å²) in [5.41, 5.74) is 2.43. The molecule has 336 valence electrons. The Bertz CT molecular complexity index is 2080. The van der Waals surface area contributed by atoms with Crippen LogP contribution in [-0.4, -0.2) is 103 Å². The minimum atomic E-state index is -2.17. The van der Waals surface area contributed by atoms with Crippen LogP contribution in [0.3, 0.4) is 0 Å². The van der Waals surface area contributed by atoms with Crippen LogP contribution < -0.4 is 31.2 Å². The van der Waals surface area contributed by atoms with Crippen LogP contribution in [0.4, 0.5) is 9.59 Å². The molecule has 2 aromatic rings. The summed E-state index contributed by atoms with van der Waals surface area (Å²) in [4.78, 5) is 70.7. The van der Waals surface area contributed by atoms with Crippen molar-refractivity contribution in [2.24, 2.45) is 5.73 Å². The number of esters is 2. The first-order valence-corrected chi connectivity index (χ1v) is 18.5. The van der Waals surface area contributed by atoms with E-state index in [9.17, 15) is 28.8 Å². The fraction of sp³-hybridized carbons (Fsp3) is 0.500. The number of benzene rings is 2. The summed E-state index contributed by atoms with van der Waals surface area (Å²) in [7, 11) is 2.41. The van der Waals surface area contributed by atoms with Crippen molar-refractivity contribution in [1.82, 2.24) is 16.0 Å². The summed E-state index contributed by atoms with van der Waals surface area (Å²) < 4.78 is 59.7. The van der Waals surface area contributed by atoms with Crippen LogP contribution in [-0.2, 0) is 28.5 Å². The number of nitrogens with two attached hydrogens (primary N) is 1. The number of alkyl carbamates (subject to hydrolysis) is 2. The van der Waals surface area contributed by atoms with Crippen LogP contribution >= 0.6 is 0 Å². The SMILES string of the molecule is COC(=O)[C@@H](N)C(C)(C)NC(=O)OC(C)(C)C.[2H]C([2H])(C#CC)Oc1ccc(C(=O)N[C@H](C(=O)OC)C(C)(C)NC(=O)OC(C)(C)C)cc1.[2H]C([2H])(C#CC)Oc1ccc(C(=O)O)cc1. The molecule has 6 N–H and O–H groups in total. The summed E-state index contributed by atoms with van der Waals surface area (Å²) in [5, 5.41) is 16.3. The third-order valence-corrected chi connectivity index (χ3v) is 7.22. The number of ether oxygens (including phenoxy) is 6. The van der Waals surface area contributed by atoms with Crippen LogP contribution in [0.25, 0.3) is 0 Å². The van der Waals surface area contributed by atoms with E-state index in [-0.39, 0.29) is 22.6 Å². The molecule has 17 nitrogen and oxygen atoms in total. The molecule has 0 fully saturated rings. The van der Waals surface area contributed by atoms with Crippen LogP contribution in [0.15, 0.2) is 48.5 Å². The summed E-state index contributed by atoms with van der Waals surface area (Å²) in [6, 6.07) is 8.89. The zero-order valence-electron chi connectivity index (χ0n) is 41.2. The van der Waals surface area contributed by atoms with Gasteiger partial charge in [-0.2, -0.15) is 0 Å². The van der Waals surface area contributed by atoms with E-state index >= 15 is 0 Å². The molecule has 0 aliphatic rings. The molecule has 17 heteroatoms. The molecule has 0 unspecified atom stereocenters. The number of rotatable bonds is 13. The Kier molecular flexibility index (Phi) is 19.5. The van der Waals surface area contributed by atoms with Crippen LogP contribution in [0, 0.1) is 23.7 Å². The van der Waals surface area contributed by atoms with Gasteiger partial charge < -0.3 is 55.2 Å². The molecule has 0 bridgehead atoms. The van der Waals surface area contributed by atoms with Crippen LogP contribution in [0.2, 0.25) is 0 Å². The monoisotopic (exact) mass is 858 g/mol. The number of nitrogens with one attached hydrogen (secondary N) is 3. The van der Waals surface area contributed by atoms with Gasteiger partial charge in [-0.15, -0.1) is 11.8 Å². The predicted octanol–water partition coefficient (Wildman–Crippen LogP) is 5.24.